The van der Waals surface area contributed by atoms with Crippen LogP contribution in [0.25, 0.3) is 0 Å². The minimum Gasteiger partial charge on any atom is -0.379 e. The maximum atomic E-state index is 13.7. The highest BCUT2D eigenvalue weighted by atomic mass is 32.1. The van der Waals surface area contributed by atoms with Crippen molar-refractivity contribution in [3.05, 3.63) is 57.8 Å². The first-order chi connectivity index (χ1) is 18.0. The summed E-state index contributed by atoms with van der Waals surface area (Å²) in [4.78, 5) is 35.4. The van der Waals surface area contributed by atoms with Crippen molar-refractivity contribution >= 4 is 23.2 Å². The van der Waals surface area contributed by atoms with Crippen molar-refractivity contribution in [2.24, 2.45) is 0 Å². The average Bonchev–Trinajstić information content (AvgIpc) is 3.33. The summed E-state index contributed by atoms with van der Waals surface area (Å²) in [7, 11) is 0. The van der Waals surface area contributed by atoms with Gasteiger partial charge in [-0.3, -0.25) is 14.5 Å². The van der Waals surface area contributed by atoms with Gasteiger partial charge in [0.25, 0.3) is 0 Å². The quantitative estimate of drug-likeness (QED) is 0.271. The lowest BCUT2D eigenvalue weighted by molar-refractivity contribution is -0.141. The zero-order valence-corrected chi connectivity index (χ0v) is 23.6. The molecule has 0 bridgehead atoms. The summed E-state index contributed by atoms with van der Waals surface area (Å²) in [6.07, 6.45) is 7.39. The van der Waals surface area contributed by atoms with Crippen LogP contribution >= 0.6 is 11.3 Å². The first kappa shape index (κ1) is 29.3. The van der Waals surface area contributed by atoms with Gasteiger partial charge in [-0.2, -0.15) is 0 Å². The molecule has 0 saturated carbocycles. The summed E-state index contributed by atoms with van der Waals surface area (Å²) in [5.74, 6) is 0.108. The SMILES string of the molecule is CCCCCCCCC(=O)N(CCN1CCOCC1)CC(=O)N(Cc1ccccc1)Cc1ccc(C)s1. The van der Waals surface area contributed by atoms with E-state index in [1.165, 1.54) is 35.4 Å². The number of aryl methyl sites for hydroxylation is 1. The Morgan fingerprint density at radius 1 is 0.892 bits per heavy atom. The maximum Gasteiger partial charge on any atom is 0.242 e. The summed E-state index contributed by atoms with van der Waals surface area (Å²) < 4.78 is 5.48. The number of thiophene rings is 1. The van der Waals surface area contributed by atoms with Crippen LogP contribution in [-0.4, -0.2) is 72.5 Å². The second-order valence-corrected chi connectivity index (χ2v) is 11.4. The van der Waals surface area contributed by atoms with E-state index in [2.05, 4.69) is 43.0 Å². The van der Waals surface area contributed by atoms with E-state index >= 15 is 0 Å². The van der Waals surface area contributed by atoms with Gasteiger partial charge >= 0.3 is 0 Å². The van der Waals surface area contributed by atoms with Gasteiger partial charge in [0.05, 0.1) is 26.3 Å². The average molecular weight is 528 g/mol. The van der Waals surface area contributed by atoms with Crippen molar-refractivity contribution in [2.75, 3.05) is 45.9 Å². The molecule has 6 nitrogen and oxygen atoms in total. The molecule has 2 amide bonds. The highest BCUT2D eigenvalue weighted by molar-refractivity contribution is 7.11. The molecule has 0 aliphatic carbocycles. The number of morpholine rings is 1. The molecule has 3 rings (SSSR count). The number of ether oxygens (including phenoxy) is 1. The summed E-state index contributed by atoms with van der Waals surface area (Å²) >= 11 is 1.72. The monoisotopic (exact) mass is 527 g/mol. The van der Waals surface area contributed by atoms with Gasteiger partial charge < -0.3 is 14.5 Å². The Bertz CT molecular complexity index is 927. The Labute approximate surface area is 227 Å². The molecule has 1 aromatic carbocycles. The molecule has 1 aliphatic heterocycles. The van der Waals surface area contributed by atoms with E-state index in [0.29, 0.717) is 26.1 Å². The van der Waals surface area contributed by atoms with Gasteiger partial charge in [0, 0.05) is 48.9 Å². The molecule has 0 atom stereocenters. The van der Waals surface area contributed by atoms with E-state index in [1.54, 1.807) is 11.3 Å². The number of carbonyl (C=O) groups is 2. The van der Waals surface area contributed by atoms with Crippen molar-refractivity contribution in [1.29, 1.82) is 0 Å². The molecule has 0 spiro atoms. The molecule has 7 heteroatoms. The molecule has 2 aromatic rings. The molecule has 1 aliphatic rings. The van der Waals surface area contributed by atoms with Crippen molar-refractivity contribution in [2.45, 2.75) is 71.9 Å². The fourth-order valence-electron chi connectivity index (χ4n) is 4.65. The lowest BCUT2D eigenvalue weighted by atomic mass is 10.1. The smallest absolute Gasteiger partial charge is 0.242 e. The molecule has 0 radical (unpaired) electrons. The summed E-state index contributed by atoms with van der Waals surface area (Å²) in [5, 5.41) is 0. The van der Waals surface area contributed by atoms with Crippen LogP contribution in [0.15, 0.2) is 42.5 Å². The largest absolute Gasteiger partial charge is 0.379 e. The zero-order chi connectivity index (χ0) is 26.3. The Kier molecular flexibility index (Phi) is 13.2. The number of unbranched alkanes of at least 4 members (excludes halogenated alkanes) is 5. The second-order valence-electron chi connectivity index (χ2n) is 10.0. The molecule has 37 heavy (non-hydrogen) atoms. The van der Waals surface area contributed by atoms with Crippen molar-refractivity contribution < 1.29 is 14.3 Å². The number of hydrogen-bond acceptors (Lipinski definition) is 5. The van der Waals surface area contributed by atoms with Crippen LogP contribution in [0, 0.1) is 6.92 Å². The standard InChI is InChI=1S/C30H45N3O3S/c1-3-4-5-6-7-11-14-29(34)32(18-17-31-19-21-36-22-20-31)25-30(35)33(23-27-12-9-8-10-13-27)24-28-16-15-26(2)37-28/h8-10,12-13,15-16H,3-7,11,14,17-25H2,1-2H3. The molecular formula is C30H45N3O3S. The normalized spacial score (nSPS) is 14.0. The Morgan fingerprint density at radius 3 is 2.32 bits per heavy atom. The molecule has 2 heterocycles. The summed E-state index contributed by atoms with van der Waals surface area (Å²) in [6.45, 7) is 10.1. The van der Waals surface area contributed by atoms with E-state index in [-0.39, 0.29) is 18.4 Å². The molecule has 0 N–H and O–H groups in total. The third-order valence-corrected chi connectivity index (χ3v) is 7.91. The highest BCUT2D eigenvalue weighted by Crippen LogP contribution is 2.19. The molecular weight excluding hydrogens is 482 g/mol. The predicted molar refractivity (Wildman–Crippen MR) is 152 cm³/mol. The van der Waals surface area contributed by atoms with Crippen molar-refractivity contribution in [3.63, 3.8) is 0 Å². The van der Waals surface area contributed by atoms with E-state index < -0.39 is 0 Å². The third kappa shape index (κ3) is 11.0. The molecule has 1 saturated heterocycles. The second kappa shape index (κ2) is 16.6. The molecule has 204 valence electrons. The number of rotatable bonds is 16. The number of benzene rings is 1. The predicted octanol–water partition coefficient (Wildman–Crippen LogP) is 5.50. The lowest BCUT2D eigenvalue weighted by Gasteiger charge is -2.31. The molecule has 0 unspecified atom stereocenters. The zero-order valence-electron chi connectivity index (χ0n) is 22.8. The number of hydrogen-bond donors (Lipinski definition) is 0. The van der Waals surface area contributed by atoms with Crippen LogP contribution in [0.3, 0.4) is 0 Å². The van der Waals surface area contributed by atoms with Crippen LogP contribution in [0.1, 0.15) is 67.2 Å². The van der Waals surface area contributed by atoms with Crippen molar-refractivity contribution in [1.82, 2.24) is 14.7 Å². The van der Waals surface area contributed by atoms with Gasteiger partial charge in [-0.15, -0.1) is 11.3 Å². The van der Waals surface area contributed by atoms with Crippen LogP contribution in [0.2, 0.25) is 0 Å². The Morgan fingerprint density at radius 2 is 1.62 bits per heavy atom. The first-order valence-corrected chi connectivity index (χ1v) is 14.8. The number of carbonyl (C=O) groups excluding carboxylic acids is 2. The number of amides is 2. The van der Waals surface area contributed by atoms with Gasteiger partial charge in [-0.05, 0) is 31.0 Å². The fraction of sp³-hybridized carbons (Fsp3) is 0.600. The third-order valence-electron chi connectivity index (χ3n) is 6.92. The topological polar surface area (TPSA) is 53.1 Å². The van der Waals surface area contributed by atoms with Crippen LogP contribution in [0.5, 0.6) is 0 Å². The lowest BCUT2D eigenvalue weighted by Crippen LogP contribution is -2.47. The highest BCUT2D eigenvalue weighted by Gasteiger charge is 2.23. The van der Waals surface area contributed by atoms with Gasteiger partial charge in [0.15, 0.2) is 0 Å². The van der Waals surface area contributed by atoms with E-state index in [1.807, 2.05) is 28.0 Å². The van der Waals surface area contributed by atoms with Gasteiger partial charge in [0.2, 0.25) is 11.8 Å². The first-order valence-electron chi connectivity index (χ1n) is 14.0. The van der Waals surface area contributed by atoms with Gasteiger partial charge in [-0.25, -0.2) is 0 Å². The summed E-state index contributed by atoms with van der Waals surface area (Å²) in [5.41, 5.74) is 1.10. The van der Waals surface area contributed by atoms with Crippen LogP contribution < -0.4 is 0 Å². The van der Waals surface area contributed by atoms with E-state index in [0.717, 1.165) is 51.3 Å². The Balaban J connectivity index is 1.64. The molecule has 1 fully saturated rings. The molecule has 1 aromatic heterocycles. The maximum absolute atomic E-state index is 13.7. The minimum absolute atomic E-state index is 0.00757. The summed E-state index contributed by atoms with van der Waals surface area (Å²) in [6, 6.07) is 14.3. The van der Waals surface area contributed by atoms with Crippen LogP contribution in [0.4, 0.5) is 0 Å². The van der Waals surface area contributed by atoms with Gasteiger partial charge in [-0.1, -0.05) is 69.4 Å². The Hall–Kier alpha value is -2.22. The van der Waals surface area contributed by atoms with E-state index in [4.69, 9.17) is 4.74 Å². The number of nitrogens with zero attached hydrogens (tertiary/aromatic N) is 3. The van der Waals surface area contributed by atoms with E-state index in [9.17, 15) is 9.59 Å². The fourth-order valence-corrected chi connectivity index (χ4v) is 5.56. The minimum atomic E-state index is 0.00757. The van der Waals surface area contributed by atoms with Crippen molar-refractivity contribution in [3.8, 4) is 0 Å². The van der Waals surface area contributed by atoms with Gasteiger partial charge in [0.1, 0.15) is 0 Å². The van der Waals surface area contributed by atoms with Crippen LogP contribution in [-0.2, 0) is 27.4 Å².